The van der Waals surface area contributed by atoms with Gasteiger partial charge in [-0.1, -0.05) is 11.6 Å². The Kier molecular flexibility index (Phi) is 2.94. The topological polar surface area (TPSA) is 42.2 Å². The van der Waals surface area contributed by atoms with E-state index in [1.54, 1.807) is 16.7 Å². The molecule has 0 aliphatic rings. The Morgan fingerprint density at radius 3 is 2.35 bits per heavy atom. The Bertz CT molecular complexity index is 568. The summed E-state index contributed by atoms with van der Waals surface area (Å²) in [6.45, 7) is 3.97. The Morgan fingerprint density at radius 1 is 1.24 bits per heavy atom. The molecule has 4 heteroatoms. The molecule has 0 atom stereocenters. The van der Waals surface area contributed by atoms with Crippen molar-refractivity contribution in [1.82, 2.24) is 4.57 Å². The smallest absolute Gasteiger partial charge is 0.337 e. The normalized spacial score (nSPS) is 10.5. The van der Waals surface area contributed by atoms with Crippen LogP contribution in [-0.4, -0.2) is 15.6 Å². The highest BCUT2D eigenvalue weighted by Gasteiger charge is 2.12. The number of aromatic carboxylic acids is 1. The molecular weight excluding hydrogens is 238 g/mol. The van der Waals surface area contributed by atoms with Crippen molar-refractivity contribution in [3.63, 3.8) is 0 Å². The number of benzene rings is 1. The summed E-state index contributed by atoms with van der Waals surface area (Å²) in [5.41, 5.74) is 3.05. The van der Waals surface area contributed by atoms with E-state index in [1.807, 2.05) is 26.2 Å². The number of carboxylic acid groups (broad SMARTS) is 1. The third-order valence-electron chi connectivity index (χ3n) is 2.76. The van der Waals surface area contributed by atoms with Crippen LogP contribution in [0.3, 0.4) is 0 Å². The van der Waals surface area contributed by atoms with Crippen LogP contribution in [0.2, 0.25) is 5.02 Å². The first kappa shape index (κ1) is 11.7. The van der Waals surface area contributed by atoms with Gasteiger partial charge >= 0.3 is 5.97 Å². The molecule has 3 nitrogen and oxygen atoms in total. The van der Waals surface area contributed by atoms with Crippen LogP contribution in [0.25, 0.3) is 5.69 Å². The van der Waals surface area contributed by atoms with Crippen molar-refractivity contribution < 1.29 is 9.90 Å². The second-order valence-electron chi connectivity index (χ2n) is 4.00. The third kappa shape index (κ3) is 2.19. The van der Waals surface area contributed by atoms with Crippen molar-refractivity contribution in [2.24, 2.45) is 0 Å². The lowest BCUT2D eigenvalue weighted by Crippen LogP contribution is -2.03. The predicted molar refractivity (Wildman–Crippen MR) is 67.2 cm³/mol. The quantitative estimate of drug-likeness (QED) is 0.886. The minimum atomic E-state index is -0.958. The van der Waals surface area contributed by atoms with Crippen molar-refractivity contribution in [1.29, 1.82) is 0 Å². The molecule has 1 heterocycles. The maximum Gasteiger partial charge on any atom is 0.337 e. The van der Waals surface area contributed by atoms with Gasteiger partial charge in [0.15, 0.2) is 0 Å². The van der Waals surface area contributed by atoms with Crippen LogP contribution >= 0.6 is 11.6 Å². The van der Waals surface area contributed by atoms with Crippen LogP contribution in [0.15, 0.2) is 30.6 Å². The van der Waals surface area contributed by atoms with Gasteiger partial charge in [0, 0.05) is 17.4 Å². The third-order valence-corrected chi connectivity index (χ3v) is 2.99. The Balaban J connectivity index is 2.64. The van der Waals surface area contributed by atoms with Crippen molar-refractivity contribution in [3.05, 3.63) is 52.3 Å². The molecule has 0 amide bonds. The van der Waals surface area contributed by atoms with E-state index >= 15 is 0 Å². The van der Waals surface area contributed by atoms with E-state index in [4.69, 9.17) is 16.7 Å². The summed E-state index contributed by atoms with van der Waals surface area (Å²) >= 11 is 5.91. The molecule has 0 unspecified atom stereocenters. The average Bonchev–Trinajstić information content (AvgIpc) is 2.58. The first-order chi connectivity index (χ1) is 7.99. The largest absolute Gasteiger partial charge is 0.478 e. The molecule has 1 aromatic heterocycles. The monoisotopic (exact) mass is 249 g/mol. The van der Waals surface area contributed by atoms with Crippen molar-refractivity contribution in [2.75, 3.05) is 0 Å². The standard InChI is InChI=1S/C13H12ClNO2/c1-8-6-15(7-9(8)2)12-5-10(14)3-4-11(12)13(16)17/h3-7H,1-2H3,(H,16,17). The second-order valence-corrected chi connectivity index (χ2v) is 4.43. The van der Waals surface area contributed by atoms with Gasteiger partial charge in [0.25, 0.3) is 0 Å². The fourth-order valence-electron chi connectivity index (χ4n) is 1.70. The van der Waals surface area contributed by atoms with Crippen molar-refractivity contribution in [3.8, 4) is 5.69 Å². The summed E-state index contributed by atoms with van der Waals surface area (Å²) in [4.78, 5) is 11.1. The molecule has 0 aliphatic heterocycles. The van der Waals surface area contributed by atoms with Gasteiger partial charge in [-0.3, -0.25) is 0 Å². The molecule has 2 aromatic rings. The van der Waals surface area contributed by atoms with Crippen molar-refractivity contribution >= 4 is 17.6 Å². The lowest BCUT2D eigenvalue weighted by atomic mass is 10.2. The second kappa shape index (κ2) is 4.26. The van der Waals surface area contributed by atoms with E-state index in [0.717, 1.165) is 11.1 Å². The molecule has 0 fully saturated rings. The van der Waals surface area contributed by atoms with Gasteiger partial charge in [0.05, 0.1) is 11.3 Å². The maximum absolute atomic E-state index is 11.1. The number of halogens is 1. The number of aryl methyl sites for hydroxylation is 2. The highest BCUT2D eigenvalue weighted by molar-refractivity contribution is 6.30. The first-order valence-corrected chi connectivity index (χ1v) is 5.55. The molecule has 0 aliphatic carbocycles. The van der Waals surface area contributed by atoms with Crippen LogP contribution in [0, 0.1) is 13.8 Å². The lowest BCUT2D eigenvalue weighted by Gasteiger charge is -2.07. The van der Waals surface area contributed by atoms with Crippen molar-refractivity contribution in [2.45, 2.75) is 13.8 Å². The minimum Gasteiger partial charge on any atom is -0.478 e. The summed E-state index contributed by atoms with van der Waals surface area (Å²) in [6, 6.07) is 4.76. The molecule has 0 bridgehead atoms. The fraction of sp³-hybridized carbons (Fsp3) is 0.154. The number of carbonyl (C=O) groups is 1. The molecule has 0 radical (unpaired) electrons. The zero-order valence-corrected chi connectivity index (χ0v) is 10.3. The van der Waals surface area contributed by atoms with Gasteiger partial charge in [-0.2, -0.15) is 0 Å². The average molecular weight is 250 g/mol. The summed E-state index contributed by atoms with van der Waals surface area (Å²) in [7, 11) is 0. The molecule has 1 N–H and O–H groups in total. The van der Waals surface area contributed by atoms with Crippen LogP contribution < -0.4 is 0 Å². The van der Waals surface area contributed by atoms with Gasteiger partial charge in [0.1, 0.15) is 0 Å². The number of nitrogens with zero attached hydrogens (tertiary/aromatic N) is 1. The Hall–Kier alpha value is -1.74. The first-order valence-electron chi connectivity index (χ1n) is 5.17. The molecule has 2 rings (SSSR count). The molecule has 88 valence electrons. The maximum atomic E-state index is 11.1. The van der Waals surface area contributed by atoms with E-state index in [9.17, 15) is 4.79 Å². The van der Waals surface area contributed by atoms with E-state index in [0.29, 0.717) is 10.7 Å². The lowest BCUT2D eigenvalue weighted by molar-refractivity contribution is 0.0697. The molecule has 1 aromatic carbocycles. The molecule has 0 saturated carbocycles. The van der Waals surface area contributed by atoms with Gasteiger partial charge in [-0.05, 0) is 43.2 Å². The van der Waals surface area contributed by atoms with E-state index < -0.39 is 5.97 Å². The SMILES string of the molecule is Cc1cn(-c2cc(Cl)ccc2C(=O)O)cc1C. The zero-order chi connectivity index (χ0) is 12.6. The number of aromatic nitrogens is 1. The number of carboxylic acids is 1. The predicted octanol–water partition coefficient (Wildman–Crippen LogP) is 3.45. The summed E-state index contributed by atoms with van der Waals surface area (Å²) in [5.74, 6) is -0.958. The number of hydrogen-bond donors (Lipinski definition) is 1. The Labute approximate surface area is 104 Å². The van der Waals surface area contributed by atoms with Crippen LogP contribution in [-0.2, 0) is 0 Å². The van der Waals surface area contributed by atoms with Crippen LogP contribution in [0.1, 0.15) is 21.5 Å². The van der Waals surface area contributed by atoms with Gasteiger partial charge in [-0.25, -0.2) is 4.79 Å². The molecule has 17 heavy (non-hydrogen) atoms. The Morgan fingerprint density at radius 2 is 1.82 bits per heavy atom. The summed E-state index contributed by atoms with van der Waals surface area (Å²) in [6.07, 6.45) is 3.79. The van der Waals surface area contributed by atoms with E-state index in [2.05, 4.69) is 0 Å². The highest BCUT2D eigenvalue weighted by Crippen LogP contribution is 2.22. The number of hydrogen-bond acceptors (Lipinski definition) is 1. The van der Waals surface area contributed by atoms with Gasteiger partial charge in [-0.15, -0.1) is 0 Å². The molecule has 0 spiro atoms. The zero-order valence-electron chi connectivity index (χ0n) is 9.57. The summed E-state index contributed by atoms with van der Waals surface area (Å²) in [5, 5.41) is 9.66. The fourth-order valence-corrected chi connectivity index (χ4v) is 1.86. The van der Waals surface area contributed by atoms with Gasteiger partial charge < -0.3 is 9.67 Å². The van der Waals surface area contributed by atoms with E-state index in [-0.39, 0.29) is 5.56 Å². The summed E-state index contributed by atoms with van der Waals surface area (Å²) < 4.78 is 1.79. The highest BCUT2D eigenvalue weighted by atomic mass is 35.5. The van der Waals surface area contributed by atoms with Gasteiger partial charge in [0.2, 0.25) is 0 Å². The van der Waals surface area contributed by atoms with Crippen LogP contribution in [0.4, 0.5) is 0 Å². The minimum absolute atomic E-state index is 0.240. The number of rotatable bonds is 2. The van der Waals surface area contributed by atoms with E-state index in [1.165, 1.54) is 6.07 Å². The molecule has 0 saturated heterocycles. The van der Waals surface area contributed by atoms with Crippen LogP contribution in [0.5, 0.6) is 0 Å². The molecular formula is C13H12ClNO2.